The second-order valence-electron chi connectivity index (χ2n) is 3.10. The zero-order valence-electron chi connectivity index (χ0n) is 8.04. The van der Waals surface area contributed by atoms with Gasteiger partial charge < -0.3 is 5.11 Å². The lowest BCUT2D eigenvalue weighted by Crippen LogP contribution is -2.04. The first kappa shape index (κ1) is 10.2. The van der Waals surface area contributed by atoms with E-state index in [1.165, 1.54) is 29.2 Å². The number of rotatable bonds is 3. The van der Waals surface area contributed by atoms with Crippen molar-refractivity contribution in [1.29, 1.82) is 0 Å². The second kappa shape index (κ2) is 4.05. The van der Waals surface area contributed by atoms with Crippen molar-refractivity contribution >= 4 is 5.97 Å². The monoisotopic (exact) mass is 222 g/mol. The van der Waals surface area contributed by atoms with Crippen molar-refractivity contribution in [3.63, 3.8) is 0 Å². The largest absolute Gasteiger partial charge is 0.481 e. The Balaban J connectivity index is 2.39. The first-order valence-corrected chi connectivity index (χ1v) is 4.40. The fraction of sp³-hybridized carbons (Fsp3) is 0.111. The molecule has 1 aromatic carbocycles. The van der Waals surface area contributed by atoms with Gasteiger partial charge in [-0.1, -0.05) is 0 Å². The summed E-state index contributed by atoms with van der Waals surface area (Å²) in [6, 6.07) is 4.06. The lowest BCUT2D eigenvalue weighted by molar-refractivity contribution is -0.136. The van der Waals surface area contributed by atoms with Gasteiger partial charge in [0.15, 0.2) is 0 Å². The van der Waals surface area contributed by atoms with Crippen molar-refractivity contribution in [3.8, 4) is 5.69 Å². The standard InChI is InChI=1S/C9H7FN4O2/c10-8-2-1-7(14-5-11-12-13-14)3-6(8)4-9(15)16/h1-3,5H,4H2,(H,15,16). The summed E-state index contributed by atoms with van der Waals surface area (Å²) in [4.78, 5) is 10.5. The van der Waals surface area contributed by atoms with Crippen molar-refractivity contribution in [2.45, 2.75) is 6.42 Å². The number of carbonyl (C=O) groups is 1. The van der Waals surface area contributed by atoms with Gasteiger partial charge in [0, 0.05) is 5.56 Å². The van der Waals surface area contributed by atoms with Gasteiger partial charge >= 0.3 is 5.97 Å². The third kappa shape index (κ3) is 2.02. The molecule has 0 radical (unpaired) electrons. The zero-order chi connectivity index (χ0) is 11.5. The molecule has 0 fully saturated rings. The van der Waals surface area contributed by atoms with Gasteiger partial charge in [-0.2, -0.15) is 0 Å². The highest BCUT2D eigenvalue weighted by molar-refractivity contribution is 5.70. The number of carboxylic acids is 1. The van der Waals surface area contributed by atoms with Crippen LogP contribution in [-0.4, -0.2) is 31.3 Å². The molecule has 0 aliphatic heterocycles. The predicted molar refractivity (Wildman–Crippen MR) is 50.5 cm³/mol. The normalized spacial score (nSPS) is 10.3. The molecule has 16 heavy (non-hydrogen) atoms. The van der Waals surface area contributed by atoms with Gasteiger partial charge in [-0.05, 0) is 28.6 Å². The Hall–Kier alpha value is -2.31. The number of nitrogens with zero attached hydrogens (tertiary/aromatic N) is 4. The number of tetrazole rings is 1. The van der Waals surface area contributed by atoms with Gasteiger partial charge in [0.2, 0.25) is 0 Å². The Labute approximate surface area is 89.3 Å². The van der Waals surface area contributed by atoms with Gasteiger partial charge in [-0.15, -0.1) is 5.10 Å². The molecule has 0 atom stereocenters. The molecule has 0 saturated carbocycles. The fourth-order valence-corrected chi connectivity index (χ4v) is 1.28. The Morgan fingerprint density at radius 1 is 1.50 bits per heavy atom. The molecule has 1 heterocycles. The maximum atomic E-state index is 13.2. The molecule has 2 rings (SSSR count). The lowest BCUT2D eigenvalue weighted by Gasteiger charge is -2.03. The number of hydrogen-bond donors (Lipinski definition) is 1. The highest BCUT2D eigenvalue weighted by atomic mass is 19.1. The predicted octanol–water partition coefficient (Wildman–Crippen LogP) is 0.428. The molecule has 0 bridgehead atoms. The van der Waals surface area contributed by atoms with Crippen LogP contribution in [0.15, 0.2) is 24.5 Å². The number of aromatic nitrogens is 4. The molecule has 0 unspecified atom stereocenters. The molecule has 82 valence electrons. The number of carboxylic acid groups (broad SMARTS) is 1. The highest BCUT2D eigenvalue weighted by Gasteiger charge is 2.09. The van der Waals surface area contributed by atoms with Crippen LogP contribution in [0.1, 0.15) is 5.56 Å². The van der Waals surface area contributed by atoms with E-state index in [9.17, 15) is 9.18 Å². The number of benzene rings is 1. The molecular weight excluding hydrogens is 215 g/mol. The van der Waals surface area contributed by atoms with Crippen LogP contribution in [-0.2, 0) is 11.2 Å². The Morgan fingerprint density at radius 2 is 2.31 bits per heavy atom. The zero-order valence-corrected chi connectivity index (χ0v) is 8.04. The number of halogens is 1. The quantitative estimate of drug-likeness (QED) is 0.814. The topological polar surface area (TPSA) is 80.9 Å². The fourth-order valence-electron chi connectivity index (χ4n) is 1.28. The average molecular weight is 222 g/mol. The number of hydrogen-bond acceptors (Lipinski definition) is 4. The van der Waals surface area contributed by atoms with Crippen molar-refractivity contribution in [3.05, 3.63) is 35.9 Å². The van der Waals surface area contributed by atoms with Gasteiger partial charge in [-0.25, -0.2) is 9.07 Å². The van der Waals surface area contributed by atoms with Gasteiger partial charge in [-0.3, -0.25) is 4.79 Å². The number of aliphatic carboxylic acids is 1. The maximum absolute atomic E-state index is 13.2. The molecule has 0 amide bonds. The molecule has 0 aliphatic rings. The van der Waals surface area contributed by atoms with Crippen molar-refractivity contribution < 1.29 is 14.3 Å². The summed E-state index contributed by atoms with van der Waals surface area (Å²) in [5.41, 5.74) is 0.614. The minimum atomic E-state index is -1.09. The van der Waals surface area contributed by atoms with Crippen LogP contribution in [0.2, 0.25) is 0 Å². The van der Waals surface area contributed by atoms with Crippen LogP contribution in [0, 0.1) is 5.82 Å². The molecule has 1 N–H and O–H groups in total. The average Bonchev–Trinajstić information content (AvgIpc) is 2.73. The van der Waals surface area contributed by atoms with E-state index in [1.54, 1.807) is 0 Å². The molecule has 6 nitrogen and oxygen atoms in total. The van der Waals surface area contributed by atoms with Gasteiger partial charge in [0.25, 0.3) is 0 Å². The van der Waals surface area contributed by atoms with E-state index in [-0.39, 0.29) is 12.0 Å². The van der Waals surface area contributed by atoms with Gasteiger partial charge in [0.05, 0.1) is 12.1 Å². The van der Waals surface area contributed by atoms with Crippen LogP contribution in [0.3, 0.4) is 0 Å². The minimum absolute atomic E-state index is 0.0977. The lowest BCUT2D eigenvalue weighted by atomic mass is 10.1. The van der Waals surface area contributed by atoms with E-state index in [0.717, 1.165) is 0 Å². The summed E-state index contributed by atoms with van der Waals surface area (Å²) in [5.74, 6) is -1.65. The second-order valence-corrected chi connectivity index (χ2v) is 3.10. The van der Waals surface area contributed by atoms with Crippen LogP contribution in [0.25, 0.3) is 5.69 Å². The Morgan fingerprint density at radius 3 is 2.94 bits per heavy atom. The van der Waals surface area contributed by atoms with E-state index < -0.39 is 11.8 Å². The first-order valence-electron chi connectivity index (χ1n) is 4.40. The summed E-state index contributed by atoms with van der Waals surface area (Å²) in [6.45, 7) is 0. The van der Waals surface area contributed by atoms with E-state index in [1.807, 2.05) is 0 Å². The van der Waals surface area contributed by atoms with E-state index in [0.29, 0.717) is 5.69 Å². The molecule has 0 saturated heterocycles. The van der Waals surface area contributed by atoms with Crippen LogP contribution < -0.4 is 0 Å². The molecule has 0 spiro atoms. The van der Waals surface area contributed by atoms with Crippen LogP contribution in [0.4, 0.5) is 4.39 Å². The molecule has 0 aliphatic carbocycles. The maximum Gasteiger partial charge on any atom is 0.307 e. The van der Waals surface area contributed by atoms with E-state index >= 15 is 0 Å². The summed E-state index contributed by atoms with van der Waals surface area (Å²) in [5, 5.41) is 19.1. The highest BCUT2D eigenvalue weighted by Crippen LogP contribution is 2.13. The third-order valence-electron chi connectivity index (χ3n) is 1.98. The van der Waals surface area contributed by atoms with Crippen molar-refractivity contribution in [1.82, 2.24) is 20.2 Å². The van der Waals surface area contributed by atoms with E-state index in [2.05, 4.69) is 15.5 Å². The van der Waals surface area contributed by atoms with Crippen molar-refractivity contribution in [2.75, 3.05) is 0 Å². The summed E-state index contributed by atoms with van der Waals surface area (Å²) >= 11 is 0. The Bertz CT molecular complexity index is 512. The third-order valence-corrected chi connectivity index (χ3v) is 1.98. The summed E-state index contributed by atoms with van der Waals surface area (Å²) in [7, 11) is 0. The molecule has 7 heteroatoms. The smallest absolute Gasteiger partial charge is 0.307 e. The van der Waals surface area contributed by atoms with Gasteiger partial charge in [0.1, 0.15) is 12.1 Å². The molecule has 2 aromatic rings. The minimum Gasteiger partial charge on any atom is -0.481 e. The molecular formula is C9H7FN4O2. The van der Waals surface area contributed by atoms with Crippen molar-refractivity contribution in [2.24, 2.45) is 0 Å². The summed E-state index contributed by atoms with van der Waals surface area (Å²) in [6.07, 6.45) is 0.972. The first-order chi connectivity index (χ1) is 7.66. The summed E-state index contributed by atoms with van der Waals surface area (Å²) < 4.78 is 14.6. The van der Waals surface area contributed by atoms with Crippen LogP contribution >= 0.6 is 0 Å². The van der Waals surface area contributed by atoms with E-state index in [4.69, 9.17) is 5.11 Å². The van der Waals surface area contributed by atoms with Crippen LogP contribution in [0.5, 0.6) is 0 Å². The SMILES string of the molecule is O=C(O)Cc1cc(-n2cnnn2)ccc1F. The Kier molecular flexibility index (Phi) is 2.59. The molecule has 1 aromatic heterocycles.